The van der Waals surface area contributed by atoms with Crippen molar-refractivity contribution in [2.45, 2.75) is 37.6 Å². The molecule has 2 rings (SSSR count). The topological polar surface area (TPSA) is 80.9 Å². The normalized spacial score (nSPS) is 12.3. The van der Waals surface area contributed by atoms with E-state index >= 15 is 0 Å². The fraction of sp³-hybridized carbons (Fsp3) is 0.438. The monoisotopic (exact) mass is 350 g/mol. The number of amides is 1. The van der Waals surface area contributed by atoms with Crippen LogP contribution in [0.3, 0.4) is 0 Å². The van der Waals surface area contributed by atoms with Gasteiger partial charge in [0.2, 0.25) is 11.0 Å². The highest BCUT2D eigenvalue weighted by Crippen LogP contribution is 2.23. The van der Waals surface area contributed by atoms with Gasteiger partial charge in [-0.1, -0.05) is 61.2 Å². The molecule has 1 aromatic carbocycles. The number of thioether (sulfide) groups is 1. The van der Waals surface area contributed by atoms with E-state index in [0.29, 0.717) is 21.1 Å². The summed E-state index contributed by atoms with van der Waals surface area (Å²) in [5.41, 5.74) is 7.95. The molecule has 1 heterocycles. The summed E-state index contributed by atoms with van der Waals surface area (Å²) in [6.45, 7) is 6.41. The minimum absolute atomic E-state index is 0.0179. The number of nitrogen functional groups attached to an aromatic ring is 1. The Labute approximate surface area is 145 Å². The average molecular weight is 351 g/mol. The molecule has 23 heavy (non-hydrogen) atoms. The van der Waals surface area contributed by atoms with Crippen molar-refractivity contribution < 1.29 is 4.79 Å². The van der Waals surface area contributed by atoms with E-state index in [2.05, 4.69) is 53.6 Å². The van der Waals surface area contributed by atoms with E-state index in [0.717, 1.165) is 12.0 Å². The summed E-state index contributed by atoms with van der Waals surface area (Å²) in [6, 6.07) is 8.42. The number of nitrogens with one attached hydrogen (secondary N) is 1. The van der Waals surface area contributed by atoms with Crippen LogP contribution in [-0.2, 0) is 11.2 Å². The number of aromatic nitrogens is 2. The van der Waals surface area contributed by atoms with Crippen molar-refractivity contribution in [3.63, 3.8) is 0 Å². The zero-order chi connectivity index (χ0) is 16.8. The molecule has 1 atom stereocenters. The van der Waals surface area contributed by atoms with Crippen LogP contribution in [0.4, 0.5) is 5.13 Å². The van der Waals surface area contributed by atoms with Crippen LogP contribution in [0.5, 0.6) is 0 Å². The first-order valence-electron chi connectivity index (χ1n) is 7.54. The number of carbonyl (C=O) groups is 1. The molecule has 0 radical (unpaired) electrons. The molecule has 5 nitrogen and oxygen atoms in total. The van der Waals surface area contributed by atoms with Crippen molar-refractivity contribution in [1.82, 2.24) is 15.5 Å². The summed E-state index contributed by atoms with van der Waals surface area (Å²) in [5.74, 6) is 0.927. The molecule has 0 saturated carbocycles. The molecule has 0 bridgehead atoms. The Morgan fingerprint density at radius 3 is 2.52 bits per heavy atom. The molecule has 0 fully saturated rings. The van der Waals surface area contributed by atoms with Crippen molar-refractivity contribution in [1.29, 1.82) is 0 Å². The van der Waals surface area contributed by atoms with Crippen LogP contribution in [0.2, 0.25) is 0 Å². The molecule has 7 heteroatoms. The standard InChI is InChI=1S/C16H22N4OS2/c1-10(2)8-12-4-6-13(7-5-12)11(3)18-14(21)9-22-16-20-19-15(17)23-16/h4-7,10-11H,8-9H2,1-3H3,(H2,17,19)(H,18,21)/t11-/m0/s1. The molecule has 2 aromatic rings. The van der Waals surface area contributed by atoms with Crippen LogP contribution in [-0.4, -0.2) is 21.9 Å². The fourth-order valence-electron chi connectivity index (χ4n) is 2.19. The minimum Gasteiger partial charge on any atom is -0.374 e. The molecular formula is C16H22N4OS2. The predicted octanol–water partition coefficient (Wildman–Crippen LogP) is 3.29. The van der Waals surface area contributed by atoms with E-state index in [1.54, 1.807) is 0 Å². The average Bonchev–Trinajstić information content (AvgIpc) is 2.91. The Hall–Kier alpha value is -1.60. The van der Waals surface area contributed by atoms with Crippen molar-refractivity contribution in [3.05, 3.63) is 35.4 Å². The van der Waals surface area contributed by atoms with Crippen LogP contribution < -0.4 is 11.1 Å². The van der Waals surface area contributed by atoms with Gasteiger partial charge in [-0.05, 0) is 30.4 Å². The van der Waals surface area contributed by atoms with Gasteiger partial charge in [0.1, 0.15) is 0 Å². The van der Waals surface area contributed by atoms with E-state index < -0.39 is 0 Å². The third-order valence-corrected chi connectivity index (χ3v) is 5.14. The second-order valence-corrected chi connectivity index (χ2v) is 8.06. The van der Waals surface area contributed by atoms with Gasteiger partial charge in [-0.25, -0.2) is 0 Å². The lowest BCUT2D eigenvalue weighted by molar-refractivity contribution is -0.119. The van der Waals surface area contributed by atoms with E-state index in [-0.39, 0.29) is 11.9 Å². The lowest BCUT2D eigenvalue weighted by Gasteiger charge is -2.15. The Bertz CT molecular complexity index is 640. The Morgan fingerprint density at radius 1 is 1.26 bits per heavy atom. The molecule has 0 aliphatic heterocycles. The van der Waals surface area contributed by atoms with Crippen molar-refractivity contribution in [2.24, 2.45) is 5.92 Å². The summed E-state index contributed by atoms with van der Waals surface area (Å²) in [7, 11) is 0. The van der Waals surface area contributed by atoms with Gasteiger partial charge in [-0.15, -0.1) is 10.2 Å². The summed E-state index contributed by atoms with van der Waals surface area (Å²) >= 11 is 2.64. The number of nitrogens with zero attached hydrogens (tertiary/aromatic N) is 2. The number of rotatable bonds is 7. The molecule has 124 valence electrons. The number of nitrogens with two attached hydrogens (primary N) is 1. The predicted molar refractivity (Wildman–Crippen MR) is 96.6 cm³/mol. The molecule has 0 saturated heterocycles. The second-order valence-electron chi connectivity index (χ2n) is 5.82. The second kappa shape index (κ2) is 8.31. The number of anilines is 1. The first-order valence-corrected chi connectivity index (χ1v) is 9.34. The molecule has 0 spiro atoms. The molecular weight excluding hydrogens is 328 g/mol. The zero-order valence-electron chi connectivity index (χ0n) is 13.6. The third-order valence-electron chi connectivity index (χ3n) is 3.25. The van der Waals surface area contributed by atoms with Gasteiger partial charge in [0.25, 0.3) is 0 Å². The highest BCUT2D eigenvalue weighted by atomic mass is 32.2. The van der Waals surface area contributed by atoms with Gasteiger partial charge >= 0.3 is 0 Å². The van der Waals surface area contributed by atoms with E-state index in [9.17, 15) is 4.79 Å². The van der Waals surface area contributed by atoms with Crippen LogP contribution in [0, 0.1) is 5.92 Å². The van der Waals surface area contributed by atoms with Gasteiger partial charge in [0, 0.05) is 0 Å². The van der Waals surface area contributed by atoms with Gasteiger partial charge in [0.05, 0.1) is 11.8 Å². The summed E-state index contributed by atoms with van der Waals surface area (Å²) in [5, 5.41) is 11.0. The zero-order valence-corrected chi connectivity index (χ0v) is 15.2. The number of benzene rings is 1. The summed E-state index contributed by atoms with van der Waals surface area (Å²) in [6.07, 6.45) is 1.07. The van der Waals surface area contributed by atoms with Crippen molar-refractivity contribution >= 4 is 34.1 Å². The highest BCUT2D eigenvalue weighted by Gasteiger charge is 2.11. The van der Waals surface area contributed by atoms with Crippen molar-refractivity contribution in [2.75, 3.05) is 11.5 Å². The van der Waals surface area contributed by atoms with Crippen LogP contribution >= 0.6 is 23.1 Å². The Morgan fingerprint density at radius 2 is 1.96 bits per heavy atom. The number of hydrogen-bond acceptors (Lipinski definition) is 6. The minimum atomic E-state index is -0.0254. The molecule has 1 amide bonds. The summed E-state index contributed by atoms with van der Waals surface area (Å²) < 4.78 is 0.711. The third kappa shape index (κ3) is 5.84. The SMILES string of the molecule is CC(C)Cc1ccc([C@H](C)NC(=O)CSc2nnc(N)s2)cc1. The van der Waals surface area contributed by atoms with Crippen LogP contribution in [0.15, 0.2) is 28.6 Å². The van der Waals surface area contributed by atoms with E-state index in [1.807, 2.05) is 6.92 Å². The van der Waals surface area contributed by atoms with Crippen molar-refractivity contribution in [3.8, 4) is 0 Å². The van der Waals surface area contributed by atoms with E-state index in [1.165, 1.54) is 28.7 Å². The summed E-state index contributed by atoms with van der Waals surface area (Å²) in [4.78, 5) is 12.0. The molecule has 0 aliphatic carbocycles. The smallest absolute Gasteiger partial charge is 0.230 e. The van der Waals surface area contributed by atoms with Gasteiger partial charge in [0.15, 0.2) is 4.34 Å². The number of hydrogen-bond donors (Lipinski definition) is 2. The van der Waals surface area contributed by atoms with E-state index in [4.69, 9.17) is 5.73 Å². The molecule has 0 unspecified atom stereocenters. The lowest BCUT2D eigenvalue weighted by Crippen LogP contribution is -2.28. The molecule has 0 aliphatic rings. The first kappa shape index (κ1) is 17.7. The van der Waals surface area contributed by atoms with Crippen LogP contribution in [0.1, 0.15) is 37.9 Å². The number of carbonyl (C=O) groups excluding carboxylic acids is 1. The highest BCUT2D eigenvalue weighted by molar-refractivity contribution is 8.01. The van der Waals surface area contributed by atoms with Gasteiger partial charge in [-0.3, -0.25) is 4.79 Å². The maximum atomic E-state index is 12.0. The van der Waals surface area contributed by atoms with Gasteiger partial charge < -0.3 is 11.1 Å². The quantitative estimate of drug-likeness (QED) is 0.749. The molecule has 1 aromatic heterocycles. The Kier molecular flexibility index (Phi) is 6.41. The van der Waals surface area contributed by atoms with Crippen LogP contribution in [0.25, 0.3) is 0 Å². The molecule has 3 N–H and O–H groups in total. The maximum absolute atomic E-state index is 12.0. The Balaban J connectivity index is 1.83. The fourth-order valence-corrected chi connectivity index (χ4v) is 3.63. The lowest BCUT2D eigenvalue weighted by atomic mass is 10.00. The van der Waals surface area contributed by atoms with Gasteiger partial charge in [-0.2, -0.15) is 0 Å². The maximum Gasteiger partial charge on any atom is 0.230 e. The largest absolute Gasteiger partial charge is 0.374 e. The first-order chi connectivity index (χ1) is 10.9.